The van der Waals surface area contributed by atoms with Crippen LogP contribution in [0.2, 0.25) is 0 Å². The van der Waals surface area contributed by atoms with Gasteiger partial charge in [-0.2, -0.15) is 11.8 Å². The third kappa shape index (κ3) is 3.67. The zero-order valence-electron chi connectivity index (χ0n) is 15.8. The molecule has 5 nitrogen and oxygen atoms in total. The minimum atomic E-state index is 0.253. The van der Waals surface area contributed by atoms with Crippen LogP contribution < -0.4 is 5.32 Å². The van der Waals surface area contributed by atoms with Gasteiger partial charge in [0.2, 0.25) is 0 Å². The molecule has 25 heavy (non-hydrogen) atoms. The number of thioether (sulfide) groups is 1. The topological polar surface area (TPSA) is 40.1 Å². The third-order valence-electron chi connectivity index (χ3n) is 6.77. The number of hydrogen-bond donors (Lipinski definition) is 1. The number of rotatable bonds is 4. The van der Waals surface area contributed by atoms with Crippen LogP contribution in [0.4, 0.5) is 0 Å². The Kier molecular flexibility index (Phi) is 5.49. The monoisotopic (exact) mass is 366 g/mol. The molecule has 1 aliphatic carbocycles. The molecule has 1 atom stereocenters. The number of guanidine groups is 1. The van der Waals surface area contributed by atoms with Crippen molar-refractivity contribution in [3.05, 3.63) is 0 Å². The molecule has 4 fully saturated rings. The Balaban J connectivity index is 1.45. The maximum atomic E-state index is 5.59. The number of aliphatic imine (C=N–C) groups is 1. The summed E-state index contributed by atoms with van der Waals surface area (Å²) in [5.41, 5.74) is 0.879. The van der Waals surface area contributed by atoms with Gasteiger partial charge in [0.25, 0.3) is 0 Å². The molecule has 1 saturated carbocycles. The summed E-state index contributed by atoms with van der Waals surface area (Å²) in [4.78, 5) is 10.4. The number of morpholine rings is 1. The highest BCUT2D eigenvalue weighted by Crippen LogP contribution is 2.48. The second kappa shape index (κ2) is 7.65. The molecule has 0 radical (unpaired) electrons. The molecule has 6 heteroatoms. The largest absolute Gasteiger partial charge is 0.379 e. The number of likely N-dealkylation sites (tertiary alicyclic amines) is 1. The molecule has 0 aromatic heterocycles. The molecule has 4 rings (SSSR count). The molecule has 142 valence electrons. The molecule has 1 spiro atoms. The van der Waals surface area contributed by atoms with E-state index in [1.165, 1.54) is 56.7 Å². The van der Waals surface area contributed by atoms with Crippen molar-refractivity contribution in [3.63, 3.8) is 0 Å². The molecule has 0 aromatic rings. The summed E-state index contributed by atoms with van der Waals surface area (Å²) in [6.07, 6.45) is 6.92. The van der Waals surface area contributed by atoms with E-state index < -0.39 is 0 Å². The molecule has 0 aromatic carbocycles. The standard InChI is InChI=1S/C19H34N4OS/c1-2-20-17(22-8-6-18(15-22)4-3-5-18)21-14-19(7-13-25-16-19)23-9-11-24-12-10-23/h2-16H2,1H3,(H,20,21). The van der Waals surface area contributed by atoms with E-state index in [4.69, 9.17) is 9.73 Å². The van der Waals surface area contributed by atoms with E-state index in [0.717, 1.165) is 45.4 Å². The highest BCUT2D eigenvalue weighted by Gasteiger charge is 2.44. The van der Waals surface area contributed by atoms with Gasteiger partial charge in [-0.15, -0.1) is 0 Å². The van der Waals surface area contributed by atoms with E-state index in [1.54, 1.807) is 0 Å². The van der Waals surface area contributed by atoms with Crippen LogP contribution in [0.5, 0.6) is 0 Å². The second-order valence-corrected chi connectivity index (χ2v) is 9.43. The van der Waals surface area contributed by atoms with Crippen LogP contribution in [0.15, 0.2) is 4.99 Å². The first-order chi connectivity index (χ1) is 12.3. The summed E-state index contributed by atoms with van der Waals surface area (Å²) < 4.78 is 5.59. The zero-order valence-corrected chi connectivity index (χ0v) is 16.6. The number of nitrogens with one attached hydrogen (secondary N) is 1. The van der Waals surface area contributed by atoms with Gasteiger partial charge in [0, 0.05) is 38.5 Å². The fourth-order valence-electron chi connectivity index (χ4n) is 4.96. The smallest absolute Gasteiger partial charge is 0.193 e. The van der Waals surface area contributed by atoms with Crippen molar-refractivity contribution in [3.8, 4) is 0 Å². The van der Waals surface area contributed by atoms with Crippen LogP contribution in [0.3, 0.4) is 0 Å². The van der Waals surface area contributed by atoms with Crippen molar-refractivity contribution in [2.45, 2.75) is 44.6 Å². The molecule has 1 unspecified atom stereocenters. The van der Waals surface area contributed by atoms with Gasteiger partial charge in [0.1, 0.15) is 0 Å². The van der Waals surface area contributed by atoms with Gasteiger partial charge in [-0.05, 0) is 43.8 Å². The number of nitrogens with zero attached hydrogens (tertiary/aromatic N) is 3. The molecule has 1 N–H and O–H groups in total. The van der Waals surface area contributed by atoms with E-state index in [2.05, 4.69) is 33.8 Å². The Labute approximate surface area is 156 Å². The summed E-state index contributed by atoms with van der Waals surface area (Å²) in [5.74, 6) is 3.66. The second-order valence-electron chi connectivity index (χ2n) is 8.32. The first kappa shape index (κ1) is 17.9. The Morgan fingerprint density at radius 2 is 2.00 bits per heavy atom. The predicted octanol–water partition coefficient (Wildman–Crippen LogP) is 2.04. The van der Waals surface area contributed by atoms with Crippen LogP contribution in [-0.2, 0) is 4.74 Å². The lowest BCUT2D eigenvalue weighted by Crippen LogP contribution is -2.56. The number of hydrogen-bond acceptors (Lipinski definition) is 4. The van der Waals surface area contributed by atoms with Gasteiger partial charge in [-0.25, -0.2) is 0 Å². The van der Waals surface area contributed by atoms with Crippen molar-refractivity contribution in [1.82, 2.24) is 15.1 Å². The molecule has 0 amide bonds. The predicted molar refractivity (Wildman–Crippen MR) is 106 cm³/mol. The van der Waals surface area contributed by atoms with Crippen LogP contribution in [0.1, 0.15) is 39.0 Å². The minimum Gasteiger partial charge on any atom is -0.379 e. The van der Waals surface area contributed by atoms with Gasteiger partial charge < -0.3 is 15.0 Å². The first-order valence-electron chi connectivity index (χ1n) is 10.2. The van der Waals surface area contributed by atoms with E-state index >= 15 is 0 Å². The van der Waals surface area contributed by atoms with Gasteiger partial charge in [0.05, 0.1) is 25.3 Å². The number of ether oxygens (including phenoxy) is 1. The molecule has 3 aliphatic heterocycles. The molecule has 3 heterocycles. The van der Waals surface area contributed by atoms with Crippen LogP contribution in [0, 0.1) is 5.41 Å². The third-order valence-corrected chi connectivity index (χ3v) is 8.01. The quantitative estimate of drug-likeness (QED) is 0.609. The average Bonchev–Trinajstić information content (AvgIpc) is 3.27. The maximum Gasteiger partial charge on any atom is 0.193 e. The molecule has 3 saturated heterocycles. The Bertz CT molecular complexity index is 482. The van der Waals surface area contributed by atoms with Crippen molar-refractivity contribution in [2.24, 2.45) is 10.4 Å². The molecule has 4 aliphatic rings. The molecular formula is C19H34N4OS. The minimum absolute atomic E-state index is 0.253. The summed E-state index contributed by atoms with van der Waals surface area (Å²) >= 11 is 2.10. The fraction of sp³-hybridized carbons (Fsp3) is 0.947. The van der Waals surface area contributed by atoms with Gasteiger partial charge in [0.15, 0.2) is 5.96 Å². The van der Waals surface area contributed by atoms with Crippen molar-refractivity contribution >= 4 is 17.7 Å². The van der Waals surface area contributed by atoms with Crippen LogP contribution in [0.25, 0.3) is 0 Å². The lowest BCUT2D eigenvalue weighted by atomic mass is 9.68. The van der Waals surface area contributed by atoms with E-state index in [-0.39, 0.29) is 5.54 Å². The van der Waals surface area contributed by atoms with Gasteiger partial charge in [-0.1, -0.05) is 6.42 Å². The van der Waals surface area contributed by atoms with Crippen LogP contribution >= 0.6 is 11.8 Å². The summed E-state index contributed by atoms with van der Waals surface area (Å²) in [6, 6.07) is 0. The SMILES string of the molecule is CCNC(=NCC1(N2CCOCC2)CCSC1)N1CCC2(CCC2)C1. The Morgan fingerprint density at radius 1 is 1.16 bits per heavy atom. The Hall–Kier alpha value is -0.460. The van der Waals surface area contributed by atoms with Gasteiger partial charge >= 0.3 is 0 Å². The first-order valence-corrected chi connectivity index (χ1v) is 11.3. The molecular weight excluding hydrogens is 332 g/mol. The van der Waals surface area contributed by atoms with Crippen molar-refractivity contribution in [2.75, 3.05) is 64.0 Å². The van der Waals surface area contributed by atoms with Crippen LogP contribution in [-0.4, -0.2) is 85.3 Å². The lowest BCUT2D eigenvalue weighted by molar-refractivity contribution is -0.0105. The molecule has 0 bridgehead atoms. The summed E-state index contributed by atoms with van der Waals surface area (Å²) in [6.45, 7) is 10.4. The summed E-state index contributed by atoms with van der Waals surface area (Å²) in [7, 11) is 0. The Morgan fingerprint density at radius 3 is 2.60 bits per heavy atom. The van der Waals surface area contributed by atoms with Gasteiger partial charge in [-0.3, -0.25) is 9.89 Å². The normalized spacial score (nSPS) is 33.0. The van der Waals surface area contributed by atoms with E-state index in [1.807, 2.05) is 0 Å². The fourth-order valence-corrected chi connectivity index (χ4v) is 6.42. The average molecular weight is 367 g/mol. The highest BCUT2D eigenvalue weighted by atomic mass is 32.2. The summed E-state index contributed by atoms with van der Waals surface area (Å²) in [5, 5.41) is 3.58. The maximum absolute atomic E-state index is 5.59. The highest BCUT2D eigenvalue weighted by molar-refractivity contribution is 7.99. The zero-order chi connectivity index (χ0) is 17.2. The lowest BCUT2D eigenvalue weighted by Gasteiger charge is -2.42. The van der Waals surface area contributed by atoms with E-state index in [9.17, 15) is 0 Å². The van der Waals surface area contributed by atoms with Crippen molar-refractivity contribution in [1.29, 1.82) is 0 Å². The van der Waals surface area contributed by atoms with E-state index in [0.29, 0.717) is 5.41 Å². The van der Waals surface area contributed by atoms with Crippen molar-refractivity contribution < 1.29 is 4.74 Å².